The highest BCUT2D eigenvalue weighted by Crippen LogP contribution is 2.32. The van der Waals surface area contributed by atoms with Crippen LogP contribution in [0.1, 0.15) is 11.1 Å². The highest BCUT2D eigenvalue weighted by molar-refractivity contribution is 7.85. The van der Waals surface area contributed by atoms with E-state index in [0.717, 1.165) is 17.7 Å². The fourth-order valence-electron chi connectivity index (χ4n) is 1.69. The topological polar surface area (TPSA) is 43.1 Å². The molecule has 1 aromatic heterocycles. The molecule has 0 saturated carbocycles. The summed E-state index contributed by atoms with van der Waals surface area (Å²) in [6.07, 6.45) is -3.83. The van der Waals surface area contributed by atoms with Crippen molar-refractivity contribution in [1.82, 2.24) is 0 Å². The highest BCUT2D eigenvalue weighted by Gasteiger charge is 2.31. The Hall–Kier alpha value is -1.34. The molecule has 1 aromatic carbocycles. The molecule has 0 aliphatic carbocycles. The Morgan fingerprint density at radius 1 is 1.25 bits per heavy atom. The van der Waals surface area contributed by atoms with Gasteiger partial charge in [0.1, 0.15) is 0 Å². The van der Waals surface area contributed by atoms with Gasteiger partial charge in [0.05, 0.1) is 21.3 Å². The molecular weight excluding hydrogens is 307 g/mol. The van der Waals surface area contributed by atoms with E-state index in [-0.39, 0.29) is 10.6 Å². The molecule has 2 aromatic rings. The van der Waals surface area contributed by atoms with Gasteiger partial charge in [0.2, 0.25) is 0 Å². The SMILES string of the molecule is Nc1cc(C(F)(F)F)ccc1S(=O)CCc1ccsc1. The maximum absolute atomic E-state index is 12.5. The molecule has 0 amide bonds. The molecule has 0 fully saturated rings. The van der Waals surface area contributed by atoms with Gasteiger partial charge in [-0.1, -0.05) is 0 Å². The van der Waals surface area contributed by atoms with Crippen molar-refractivity contribution in [3.05, 3.63) is 46.2 Å². The molecule has 1 heterocycles. The monoisotopic (exact) mass is 319 g/mol. The summed E-state index contributed by atoms with van der Waals surface area (Å²) in [5.74, 6) is 0.340. The molecule has 1 atom stereocenters. The van der Waals surface area contributed by atoms with Crippen molar-refractivity contribution < 1.29 is 17.4 Å². The number of hydrogen-bond donors (Lipinski definition) is 1. The number of nitrogen functional groups attached to an aromatic ring is 1. The molecule has 1 unspecified atom stereocenters. The van der Waals surface area contributed by atoms with Gasteiger partial charge in [0, 0.05) is 11.4 Å². The molecule has 0 saturated heterocycles. The molecule has 0 aliphatic heterocycles. The second kappa shape index (κ2) is 5.97. The van der Waals surface area contributed by atoms with Crippen LogP contribution in [0.2, 0.25) is 0 Å². The van der Waals surface area contributed by atoms with E-state index >= 15 is 0 Å². The summed E-state index contributed by atoms with van der Waals surface area (Å²) in [7, 11) is -1.40. The first kappa shape index (κ1) is 15.1. The molecule has 7 heteroatoms. The first-order valence-corrected chi connectivity index (χ1v) is 8.00. The standard InChI is InChI=1S/C13H12F3NOS2/c14-13(15,16)10-1-2-12(11(17)7-10)20(18)6-4-9-3-5-19-8-9/h1-3,5,7-8H,4,6,17H2. The maximum Gasteiger partial charge on any atom is 0.416 e. The number of alkyl halides is 3. The average molecular weight is 319 g/mol. The van der Waals surface area contributed by atoms with Crippen LogP contribution in [0.4, 0.5) is 18.9 Å². The largest absolute Gasteiger partial charge is 0.416 e. The quantitative estimate of drug-likeness (QED) is 0.873. The smallest absolute Gasteiger partial charge is 0.398 e. The average Bonchev–Trinajstić information content (AvgIpc) is 2.87. The third-order valence-corrected chi connectivity index (χ3v) is 4.91. The lowest BCUT2D eigenvalue weighted by atomic mass is 10.2. The van der Waals surface area contributed by atoms with Crippen molar-refractivity contribution in [2.45, 2.75) is 17.5 Å². The zero-order valence-electron chi connectivity index (χ0n) is 10.3. The molecule has 0 radical (unpaired) electrons. The first-order valence-electron chi connectivity index (χ1n) is 5.74. The third-order valence-electron chi connectivity index (χ3n) is 2.74. The molecule has 2 rings (SSSR count). The molecule has 2 N–H and O–H groups in total. The summed E-state index contributed by atoms with van der Waals surface area (Å²) in [4.78, 5) is 0.258. The lowest BCUT2D eigenvalue weighted by molar-refractivity contribution is -0.137. The van der Waals surface area contributed by atoms with Gasteiger partial charge in [0.15, 0.2) is 0 Å². The first-order chi connectivity index (χ1) is 9.38. The van der Waals surface area contributed by atoms with E-state index in [1.165, 1.54) is 6.07 Å². The third kappa shape index (κ3) is 3.61. The number of benzene rings is 1. The predicted molar refractivity (Wildman–Crippen MR) is 75.2 cm³/mol. The van der Waals surface area contributed by atoms with Crippen molar-refractivity contribution in [3.8, 4) is 0 Å². The Morgan fingerprint density at radius 2 is 2.00 bits per heavy atom. The molecule has 0 spiro atoms. The van der Waals surface area contributed by atoms with E-state index in [9.17, 15) is 17.4 Å². The van der Waals surface area contributed by atoms with Crippen LogP contribution in [0.3, 0.4) is 0 Å². The van der Waals surface area contributed by atoms with Gasteiger partial charge >= 0.3 is 6.18 Å². The van der Waals surface area contributed by atoms with Crippen molar-refractivity contribution in [2.24, 2.45) is 0 Å². The van der Waals surface area contributed by atoms with Gasteiger partial charge in [0.25, 0.3) is 0 Å². The van der Waals surface area contributed by atoms with Gasteiger partial charge in [-0.05, 0) is 47.0 Å². The summed E-state index contributed by atoms with van der Waals surface area (Å²) >= 11 is 1.55. The Bertz CT molecular complexity index is 609. The van der Waals surface area contributed by atoms with E-state index < -0.39 is 22.5 Å². The summed E-state index contributed by atoms with van der Waals surface area (Å²) in [5.41, 5.74) is 5.74. The van der Waals surface area contributed by atoms with Crippen LogP contribution < -0.4 is 5.73 Å². The number of halogens is 3. The van der Waals surface area contributed by atoms with E-state index in [2.05, 4.69) is 0 Å². The lowest BCUT2D eigenvalue weighted by Gasteiger charge is -2.10. The van der Waals surface area contributed by atoms with Gasteiger partial charge < -0.3 is 5.73 Å². The minimum atomic E-state index is -4.44. The van der Waals surface area contributed by atoms with Gasteiger partial charge in [-0.2, -0.15) is 24.5 Å². The normalized spacial score (nSPS) is 13.3. The predicted octanol–water partition coefficient (Wildman–Crippen LogP) is 3.70. The molecule has 2 nitrogen and oxygen atoms in total. The van der Waals surface area contributed by atoms with E-state index in [1.54, 1.807) is 11.3 Å². The van der Waals surface area contributed by atoms with Crippen molar-refractivity contribution in [1.29, 1.82) is 0 Å². The van der Waals surface area contributed by atoms with Crippen molar-refractivity contribution in [2.75, 3.05) is 11.5 Å². The number of rotatable bonds is 4. The zero-order chi connectivity index (χ0) is 14.8. The van der Waals surface area contributed by atoms with Crippen LogP contribution in [0.5, 0.6) is 0 Å². The van der Waals surface area contributed by atoms with Crippen LogP contribution in [-0.2, 0) is 23.4 Å². The summed E-state index contributed by atoms with van der Waals surface area (Å²) in [5, 5.41) is 3.87. The van der Waals surface area contributed by atoms with E-state index in [0.29, 0.717) is 12.2 Å². The van der Waals surface area contributed by atoms with E-state index in [4.69, 9.17) is 5.73 Å². The second-order valence-electron chi connectivity index (χ2n) is 4.18. The minimum Gasteiger partial charge on any atom is -0.398 e. The Balaban J connectivity index is 2.10. The molecule has 0 aliphatic rings. The van der Waals surface area contributed by atoms with Crippen molar-refractivity contribution >= 4 is 27.8 Å². The maximum atomic E-state index is 12.5. The number of nitrogens with two attached hydrogens (primary N) is 1. The van der Waals surface area contributed by atoms with Gasteiger partial charge in [-0.25, -0.2) is 0 Å². The van der Waals surface area contributed by atoms with Crippen LogP contribution in [0, 0.1) is 0 Å². The number of aryl methyl sites for hydroxylation is 1. The zero-order valence-corrected chi connectivity index (χ0v) is 11.9. The van der Waals surface area contributed by atoms with Crippen LogP contribution >= 0.6 is 11.3 Å². The van der Waals surface area contributed by atoms with E-state index in [1.807, 2.05) is 16.8 Å². The minimum absolute atomic E-state index is 0.0801. The Labute approximate surface area is 120 Å². The second-order valence-corrected chi connectivity index (χ2v) is 6.50. The summed E-state index contributed by atoms with van der Waals surface area (Å²) in [6.45, 7) is 0. The van der Waals surface area contributed by atoms with Gasteiger partial charge in [-0.15, -0.1) is 0 Å². The van der Waals surface area contributed by atoms with Gasteiger partial charge in [-0.3, -0.25) is 4.21 Å². The molecule has 108 valence electrons. The lowest BCUT2D eigenvalue weighted by Crippen LogP contribution is -2.09. The molecule has 0 bridgehead atoms. The number of hydrogen-bond acceptors (Lipinski definition) is 3. The Morgan fingerprint density at radius 3 is 2.55 bits per heavy atom. The van der Waals surface area contributed by atoms with Crippen LogP contribution in [0.25, 0.3) is 0 Å². The molecule has 20 heavy (non-hydrogen) atoms. The highest BCUT2D eigenvalue weighted by atomic mass is 32.2. The number of anilines is 1. The number of thiophene rings is 1. The van der Waals surface area contributed by atoms with Crippen LogP contribution in [0.15, 0.2) is 39.9 Å². The van der Waals surface area contributed by atoms with Crippen LogP contribution in [-0.4, -0.2) is 9.96 Å². The fourth-order valence-corrected chi connectivity index (χ4v) is 3.57. The molecular formula is C13H12F3NOS2. The summed E-state index contributed by atoms with van der Waals surface area (Å²) in [6, 6.07) is 4.87. The Kier molecular flexibility index (Phi) is 4.49. The summed E-state index contributed by atoms with van der Waals surface area (Å²) < 4.78 is 49.6. The van der Waals surface area contributed by atoms with Crippen molar-refractivity contribution in [3.63, 3.8) is 0 Å². The fraction of sp³-hybridized carbons (Fsp3) is 0.231.